The first-order chi connectivity index (χ1) is 9.47. The van der Waals surface area contributed by atoms with Gasteiger partial charge in [0, 0.05) is 12.6 Å². The van der Waals surface area contributed by atoms with Gasteiger partial charge < -0.3 is 10.2 Å². The first-order valence-corrected chi connectivity index (χ1v) is 7.11. The van der Waals surface area contributed by atoms with Crippen LogP contribution >= 0.6 is 11.6 Å². The summed E-state index contributed by atoms with van der Waals surface area (Å²) in [5.74, 6) is 0.199. The minimum absolute atomic E-state index is 0.00794. The number of halogens is 1. The number of amides is 2. The normalized spacial score (nSPS) is 23.1. The average molecular weight is 297 g/mol. The van der Waals surface area contributed by atoms with E-state index in [2.05, 4.69) is 10.4 Å². The fourth-order valence-electron chi connectivity index (χ4n) is 2.66. The Hall–Kier alpha value is -1.56. The fourth-order valence-corrected chi connectivity index (χ4v) is 2.89. The van der Waals surface area contributed by atoms with Crippen molar-refractivity contribution in [2.24, 2.45) is 13.0 Å². The largest absolute Gasteiger partial charge is 0.342 e. The van der Waals surface area contributed by atoms with Crippen molar-refractivity contribution in [1.82, 2.24) is 20.0 Å². The van der Waals surface area contributed by atoms with Crippen LogP contribution in [0.4, 0.5) is 0 Å². The molecule has 1 atom stereocenters. The molecular formula is C13H17ClN4O2. The maximum absolute atomic E-state index is 12.4. The first kappa shape index (κ1) is 13.4. The second kappa shape index (κ2) is 4.77. The number of nitrogens with zero attached hydrogens (tertiary/aromatic N) is 3. The van der Waals surface area contributed by atoms with Gasteiger partial charge in [-0.05, 0) is 25.7 Å². The van der Waals surface area contributed by atoms with Gasteiger partial charge in [-0.3, -0.25) is 14.3 Å². The number of hydrogen-bond acceptors (Lipinski definition) is 3. The van der Waals surface area contributed by atoms with Crippen molar-refractivity contribution >= 4 is 23.4 Å². The van der Waals surface area contributed by atoms with E-state index in [4.69, 9.17) is 11.6 Å². The lowest BCUT2D eigenvalue weighted by Gasteiger charge is -2.32. The van der Waals surface area contributed by atoms with Gasteiger partial charge in [0.05, 0.1) is 18.8 Å². The quantitative estimate of drug-likeness (QED) is 0.889. The summed E-state index contributed by atoms with van der Waals surface area (Å²) >= 11 is 6.19. The van der Waals surface area contributed by atoms with Gasteiger partial charge >= 0.3 is 0 Å². The number of piperazine rings is 1. The van der Waals surface area contributed by atoms with E-state index >= 15 is 0 Å². The van der Waals surface area contributed by atoms with Gasteiger partial charge in [-0.2, -0.15) is 5.10 Å². The number of aromatic nitrogens is 2. The summed E-state index contributed by atoms with van der Waals surface area (Å²) in [6.45, 7) is 2.29. The second-order valence-corrected chi connectivity index (χ2v) is 5.91. The molecule has 108 valence electrons. The van der Waals surface area contributed by atoms with Gasteiger partial charge in [0.25, 0.3) is 0 Å². The molecule has 1 aliphatic heterocycles. The Morgan fingerprint density at radius 1 is 1.40 bits per heavy atom. The number of carbonyl (C=O) groups is 2. The lowest BCUT2D eigenvalue weighted by Crippen LogP contribution is -2.58. The average Bonchev–Trinajstić information content (AvgIpc) is 3.18. The van der Waals surface area contributed by atoms with Crippen molar-refractivity contribution in [2.75, 3.05) is 6.54 Å². The Kier molecular flexibility index (Phi) is 3.20. The molecule has 1 N–H and O–H groups in total. The third-order valence-corrected chi connectivity index (χ3v) is 4.41. The van der Waals surface area contributed by atoms with Gasteiger partial charge in [0.1, 0.15) is 11.2 Å². The molecule has 0 radical (unpaired) electrons. The van der Waals surface area contributed by atoms with Crippen molar-refractivity contribution in [2.45, 2.75) is 32.4 Å². The van der Waals surface area contributed by atoms with Crippen molar-refractivity contribution in [3.05, 3.63) is 16.4 Å². The van der Waals surface area contributed by atoms with Gasteiger partial charge in [-0.15, -0.1) is 0 Å². The maximum atomic E-state index is 12.4. The fraction of sp³-hybridized carbons (Fsp3) is 0.615. The van der Waals surface area contributed by atoms with Crippen molar-refractivity contribution in [3.8, 4) is 0 Å². The smallest absolute Gasteiger partial charge is 0.246 e. The Labute approximate surface area is 122 Å². The summed E-state index contributed by atoms with van der Waals surface area (Å²) in [7, 11) is 1.76. The molecule has 6 nitrogen and oxygen atoms in total. The molecule has 1 saturated heterocycles. The van der Waals surface area contributed by atoms with Crippen LogP contribution in [-0.2, 0) is 23.2 Å². The second-order valence-electron chi connectivity index (χ2n) is 5.56. The molecule has 2 amide bonds. The molecule has 1 aromatic heterocycles. The third kappa shape index (κ3) is 2.28. The van der Waals surface area contributed by atoms with Crippen LogP contribution in [0.1, 0.15) is 24.1 Å². The lowest BCUT2D eigenvalue weighted by atomic mass is 10.1. The number of nitrogens with one attached hydrogen (secondary N) is 1. The van der Waals surface area contributed by atoms with Gasteiger partial charge in [-0.25, -0.2) is 0 Å². The van der Waals surface area contributed by atoms with Gasteiger partial charge in [0.15, 0.2) is 0 Å². The number of hydrogen-bond donors (Lipinski definition) is 1. The van der Waals surface area contributed by atoms with Crippen LogP contribution in [0.25, 0.3) is 0 Å². The molecule has 1 aliphatic carbocycles. The van der Waals surface area contributed by atoms with E-state index in [-0.39, 0.29) is 24.4 Å². The molecule has 7 heteroatoms. The Morgan fingerprint density at radius 3 is 2.65 bits per heavy atom. The maximum Gasteiger partial charge on any atom is 0.246 e. The minimum Gasteiger partial charge on any atom is -0.342 e. The van der Waals surface area contributed by atoms with Crippen LogP contribution in [0.5, 0.6) is 0 Å². The highest BCUT2D eigenvalue weighted by atomic mass is 35.5. The molecule has 2 heterocycles. The highest BCUT2D eigenvalue weighted by Crippen LogP contribution is 2.34. The van der Waals surface area contributed by atoms with E-state index < -0.39 is 0 Å². The Morgan fingerprint density at radius 2 is 2.10 bits per heavy atom. The van der Waals surface area contributed by atoms with Crippen LogP contribution in [0, 0.1) is 12.8 Å². The number of aryl methyl sites for hydroxylation is 2. The van der Waals surface area contributed by atoms with Gasteiger partial charge in [-0.1, -0.05) is 11.6 Å². The number of rotatable bonds is 3. The summed E-state index contributed by atoms with van der Waals surface area (Å²) in [5.41, 5.74) is 1.60. The zero-order valence-corrected chi connectivity index (χ0v) is 12.3. The zero-order valence-electron chi connectivity index (χ0n) is 11.5. The summed E-state index contributed by atoms with van der Waals surface area (Å²) in [6.07, 6.45) is 2.02. The molecule has 0 spiro atoms. The standard InChI is InChI=1S/C13H17ClN4O2/c1-7-9(12(14)17(2)16-7)5-18-6-10(19)15-11(13(18)20)8-3-4-8/h8,11H,3-6H2,1-2H3,(H,15,19). The molecule has 0 bridgehead atoms. The topological polar surface area (TPSA) is 67.2 Å². The highest BCUT2D eigenvalue weighted by molar-refractivity contribution is 6.30. The first-order valence-electron chi connectivity index (χ1n) is 6.73. The Bertz CT molecular complexity index is 579. The van der Waals surface area contributed by atoms with Crippen LogP contribution < -0.4 is 5.32 Å². The molecule has 2 fully saturated rings. The van der Waals surface area contributed by atoms with E-state index in [0.717, 1.165) is 24.1 Å². The van der Waals surface area contributed by atoms with Crippen molar-refractivity contribution in [1.29, 1.82) is 0 Å². The molecule has 3 rings (SSSR count). The van der Waals surface area contributed by atoms with Crippen LogP contribution in [0.3, 0.4) is 0 Å². The molecule has 20 heavy (non-hydrogen) atoms. The summed E-state index contributed by atoms with van der Waals surface area (Å²) in [6, 6.07) is -0.355. The predicted molar refractivity (Wildman–Crippen MR) is 73.0 cm³/mol. The lowest BCUT2D eigenvalue weighted by molar-refractivity contribution is -0.145. The summed E-state index contributed by atoms with van der Waals surface area (Å²) in [4.78, 5) is 25.8. The zero-order chi connectivity index (χ0) is 14.4. The summed E-state index contributed by atoms with van der Waals surface area (Å²) < 4.78 is 1.58. The molecule has 1 unspecified atom stereocenters. The summed E-state index contributed by atoms with van der Waals surface area (Å²) in [5, 5.41) is 7.54. The van der Waals surface area contributed by atoms with Crippen LogP contribution in [-0.4, -0.2) is 39.1 Å². The molecule has 1 aromatic rings. The molecule has 1 saturated carbocycles. The minimum atomic E-state index is -0.355. The van der Waals surface area contributed by atoms with Crippen LogP contribution in [0.2, 0.25) is 5.15 Å². The van der Waals surface area contributed by atoms with E-state index in [1.54, 1.807) is 16.6 Å². The van der Waals surface area contributed by atoms with Gasteiger partial charge in [0.2, 0.25) is 11.8 Å². The SMILES string of the molecule is Cc1nn(C)c(Cl)c1CN1CC(=O)NC(C2CC2)C1=O. The Balaban J connectivity index is 1.81. The monoisotopic (exact) mass is 296 g/mol. The third-order valence-electron chi connectivity index (χ3n) is 3.94. The molecular weight excluding hydrogens is 280 g/mol. The van der Waals surface area contributed by atoms with E-state index in [0.29, 0.717) is 17.6 Å². The van der Waals surface area contributed by atoms with Crippen molar-refractivity contribution in [3.63, 3.8) is 0 Å². The number of carbonyl (C=O) groups excluding carboxylic acids is 2. The van der Waals surface area contributed by atoms with E-state index in [1.165, 1.54) is 0 Å². The molecule has 0 aromatic carbocycles. The molecule has 2 aliphatic rings. The van der Waals surface area contributed by atoms with E-state index in [1.807, 2.05) is 6.92 Å². The highest BCUT2D eigenvalue weighted by Gasteiger charge is 2.42. The van der Waals surface area contributed by atoms with Crippen LogP contribution in [0.15, 0.2) is 0 Å². The van der Waals surface area contributed by atoms with E-state index in [9.17, 15) is 9.59 Å². The van der Waals surface area contributed by atoms with Crippen molar-refractivity contribution < 1.29 is 9.59 Å². The predicted octanol–water partition coefficient (Wildman–Crippen LogP) is 0.619.